The highest BCUT2D eigenvalue weighted by Crippen LogP contribution is 2.32. The first-order chi connectivity index (χ1) is 15.4. The van der Waals surface area contributed by atoms with Gasteiger partial charge in [0.05, 0.1) is 23.6 Å². The number of benzene rings is 2. The van der Waals surface area contributed by atoms with E-state index in [1.165, 1.54) is 18.2 Å². The lowest BCUT2D eigenvalue weighted by atomic mass is 9.80. The summed E-state index contributed by atoms with van der Waals surface area (Å²) in [5.41, 5.74) is 2.79. The van der Waals surface area contributed by atoms with Gasteiger partial charge in [0.15, 0.2) is 0 Å². The maximum atomic E-state index is 14.0. The number of carbonyl (C=O) groups excluding carboxylic acids is 3. The van der Waals surface area contributed by atoms with Crippen LogP contribution in [0.1, 0.15) is 34.8 Å². The van der Waals surface area contributed by atoms with Crippen molar-refractivity contribution in [2.45, 2.75) is 18.9 Å². The van der Waals surface area contributed by atoms with E-state index in [0.717, 1.165) is 17.1 Å². The maximum Gasteiger partial charge on any atom is 0.252 e. The van der Waals surface area contributed by atoms with E-state index < -0.39 is 35.4 Å². The lowest BCUT2D eigenvalue weighted by Crippen LogP contribution is -2.59. The molecule has 1 fully saturated rings. The molecular formula is C23H18F2N4O3. The van der Waals surface area contributed by atoms with E-state index in [1.807, 2.05) is 12.2 Å². The standard InChI is InChI=1S/C23H18F2N4O3/c24-14-8-9-18(19(25)11-14)20(12-26)27-21(30)13-4-3-5-15(10-13)29-23(32)17-7-2-1-6-16(17)22(31)28-29/h1-5,8-11,16-17,20H,6-7H2,(H,27,30)(H,28,31). The highest BCUT2D eigenvalue weighted by atomic mass is 19.1. The number of halogens is 2. The smallest absolute Gasteiger partial charge is 0.252 e. The van der Waals surface area contributed by atoms with Crippen LogP contribution < -0.4 is 15.8 Å². The number of rotatable bonds is 4. The van der Waals surface area contributed by atoms with Gasteiger partial charge in [-0.3, -0.25) is 19.8 Å². The minimum atomic E-state index is -1.35. The number of anilines is 1. The molecule has 7 nitrogen and oxygen atoms in total. The molecule has 3 amide bonds. The van der Waals surface area contributed by atoms with Crippen molar-refractivity contribution in [2.75, 3.05) is 5.01 Å². The summed E-state index contributed by atoms with van der Waals surface area (Å²) in [5, 5.41) is 12.9. The number of fused-ring (bicyclic) bond motifs is 1. The molecule has 1 aliphatic carbocycles. The molecule has 1 aliphatic heterocycles. The number of carbonyl (C=O) groups is 3. The molecule has 2 aliphatic rings. The fraction of sp³-hybridized carbons (Fsp3) is 0.217. The third-order valence-electron chi connectivity index (χ3n) is 5.57. The van der Waals surface area contributed by atoms with E-state index in [-0.39, 0.29) is 28.6 Å². The molecule has 2 N–H and O–H groups in total. The van der Waals surface area contributed by atoms with Crippen molar-refractivity contribution in [3.63, 3.8) is 0 Å². The number of allylic oxidation sites excluding steroid dienone is 2. The Labute approximate surface area is 182 Å². The average Bonchev–Trinajstić information content (AvgIpc) is 2.80. The van der Waals surface area contributed by atoms with Gasteiger partial charge in [0, 0.05) is 17.2 Å². The van der Waals surface area contributed by atoms with Gasteiger partial charge in [0.1, 0.15) is 17.7 Å². The Morgan fingerprint density at radius 1 is 1.12 bits per heavy atom. The van der Waals surface area contributed by atoms with Crippen molar-refractivity contribution in [1.29, 1.82) is 5.26 Å². The van der Waals surface area contributed by atoms with Crippen molar-refractivity contribution in [1.82, 2.24) is 10.7 Å². The van der Waals surface area contributed by atoms with Crippen LogP contribution in [0.2, 0.25) is 0 Å². The van der Waals surface area contributed by atoms with Crippen molar-refractivity contribution < 1.29 is 23.2 Å². The summed E-state index contributed by atoms with van der Waals surface area (Å²) in [6.45, 7) is 0. The van der Waals surface area contributed by atoms with Gasteiger partial charge in [-0.25, -0.2) is 13.8 Å². The molecule has 3 atom stereocenters. The van der Waals surface area contributed by atoms with Crippen LogP contribution in [0, 0.1) is 34.8 Å². The zero-order valence-electron chi connectivity index (χ0n) is 16.7. The zero-order valence-corrected chi connectivity index (χ0v) is 16.7. The number of nitrogens with one attached hydrogen (secondary N) is 2. The zero-order chi connectivity index (χ0) is 22.8. The fourth-order valence-electron chi connectivity index (χ4n) is 3.90. The van der Waals surface area contributed by atoms with Crippen LogP contribution in [-0.2, 0) is 9.59 Å². The second kappa shape index (κ2) is 8.59. The lowest BCUT2D eigenvalue weighted by Gasteiger charge is -2.38. The van der Waals surface area contributed by atoms with Gasteiger partial charge in [0.25, 0.3) is 5.91 Å². The molecule has 32 heavy (non-hydrogen) atoms. The third kappa shape index (κ3) is 3.95. The summed E-state index contributed by atoms with van der Waals surface area (Å²) in [4.78, 5) is 38.1. The van der Waals surface area contributed by atoms with Crippen LogP contribution in [-0.4, -0.2) is 17.7 Å². The Kier molecular flexibility index (Phi) is 5.69. The summed E-state index contributed by atoms with van der Waals surface area (Å²) >= 11 is 0. The van der Waals surface area contributed by atoms with Gasteiger partial charge in [-0.2, -0.15) is 5.26 Å². The molecular weight excluding hydrogens is 418 g/mol. The topological polar surface area (TPSA) is 102 Å². The van der Waals surface area contributed by atoms with Gasteiger partial charge in [-0.05, 0) is 37.1 Å². The molecule has 2 aromatic carbocycles. The highest BCUT2D eigenvalue weighted by Gasteiger charge is 2.42. The second-order valence-corrected chi connectivity index (χ2v) is 7.56. The number of amides is 3. The number of hydrazine groups is 1. The van der Waals surface area contributed by atoms with Crippen molar-refractivity contribution in [3.05, 3.63) is 77.4 Å². The van der Waals surface area contributed by atoms with Crippen LogP contribution in [0.25, 0.3) is 0 Å². The lowest BCUT2D eigenvalue weighted by molar-refractivity contribution is -0.139. The Morgan fingerprint density at radius 2 is 1.88 bits per heavy atom. The van der Waals surface area contributed by atoms with Gasteiger partial charge >= 0.3 is 0 Å². The van der Waals surface area contributed by atoms with E-state index >= 15 is 0 Å². The van der Waals surface area contributed by atoms with E-state index in [2.05, 4.69) is 10.7 Å². The summed E-state index contributed by atoms with van der Waals surface area (Å²) in [6, 6.07) is 9.08. The summed E-state index contributed by atoms with van der Waals surface area (Å²) in [7, 11) is 0. The molecule has 0 saturated carbocycles. The van der Waals surface area contributed by atoms with Gasteiger partial charge in [0.2, 0.25) is 11.8 Å². The first-order valence-corrected chi connectivity index (χ1v) is 9.94. The molecule has 3 unspecified atom stereocenters. The van der Waals surface area contributed by atoms with Crippen molar-refractivity contribution in [3.8, 4) is 6.07 Å². The number of hydrogen-bond acceptors (Lipinski definition) is 4. The molecule has 4 rings (SSSR count). The first kappa shape index (κ1) is 21.2. The number of hydrogen-bond donors (Lipinski definition) is 2. The highest BCUT2D eigenvalue weighted by molar-refractivity contribution is 6.05. The Bertz CT molecular complexity index is 1170. The van der Waals surface area contributed by atoms with E-state index in [1.54, 1.807) is 12.1 Å². The predicted molar refractivity (Wildman–Crippen MR) is 110 cm³/mol. The first-order valence-electron chi connectivity index (χ1n) is 9.94. The van der Waals surface area contributed by atoms with Gasteiger partial charge < -0.3 is 5.32 Å². The third-order valence-corrected chi connectivity index (χ3v) is 5.57. The molecule has 0 aromatic heterocycles. The monoisotopic (exact) mass is 436 g/mol. The predicted octanol–water partition coefficient (Wildman–Crippen LogP) is 2.92. The molecule has 9 heteroatoms. The molecule has 1 heterocycles. The van der Waals surface area contributed by atoms with E-state index in [4.69, 9.17) is 0 Å². The van der Waals surface area contributed by atoms with Gasteiger partial charge in [-0.15, -0.1) is 0 Å². The molecule has 162 valence electrons. The summed E-state index contributed by atoms with van der Waals surface area (Å²) < 4.78 is 27.2. The molecule has 1 saturated heterocycles. The number of nitrogens with zero attached hydrogens (tertiary/aromatic N) is 2. The second-order valence-electron chi connectivity index (χ2n) is 7.56. The van der Waals surface area contributed by atoms with Crippen molar-refractivity contribution in [2.24, 2.45) is 11.8 Å². The maximum absolute atomic E-state index is 14.0. The summed E-state index contributed by atoms with van der Waals surface area (Å²) in [5.74, 6) is -3.90. The number of nitriles is 1. The normalized spacial score (nSPS) is 20.7. The SMILES string of the molecule is N#CC(NC(=O)c1cccc(N2NC(=O)C3CC=CCC3C2=O)c1)c1ccc(F)cc1F. The van der Waals surface area contributed by atoms with Crippen LogP contribution >= 0.6 is 0 Å². The Morgan fingerprint density at radius 3 is 2.59 bits per heavy atom. The molecule has 0 radical (unpaired) electrons. The minimum Gasteiger partial charge on any atom is -0.332 e. The largest absolute Gasteiger partial charge is 0.332 e. The molecule has 2 aromatic rings. The van der Waals surface area contributed by atoms with E-state index in [9.17, 15) is 28.4 Å². The van der Waals surface area contributed by atoms with E-state index in [0.29, 0.717) is 18.9 Å². The van der Waals surface area contributed by atoms with Crippen LogP contribution in [0.15, 0.2) is 54.6 Å². The average molecular weight is 436 g/mol. The Hall–Kier alpha value is -4.06. The van der Waals surface area contributed by atoms with Crippen LogP contribution in [0.3, 0.4) is 0 Å². The molecule has 0 bridgehead atoms. The van der Waals surface area contributed by atoms with Crippen molar-refractivity contribution >= 4 is 23.4 Å². The van der Waals surface area contributed by atoms with Crippen LogP contribution in [0.4, 0.5) is 14.5 Å². The molecule has 0 spiro atoms. The summed E-state index contributed by atoms with van der Waals surface area (Å²) in [6.07, 6.45) is 4.70. The van der Waals surface area contributed by atoms with Gasteiger partial charge in [-0.1, -0.05) is 24.3 Å². The quantitative estimate of drug-likeness (QED) is 0.720. The minimum absolute atomic E-state index is 0.0954. The Balaban J connectivity index is 1.55. The van der Waals surface area contributed by atoms with Crippen LogP contribution in [0.5, 0.6) is 0 Å². The fourth-order valence-corrected chi connectivity index (χ4v) is 3.90.